The second-order valence-corrected chi connectivity index (χ2v) is 7.54. The van der Waals surface area contributed by atoms with Crippen LogP contribution in [0.4, 0.5) is 4.39 Å². The highest BCUT2D eigenvalue weighted by atomic mass is 79.9. The molecule has 0 aliphatic carbocycles. The topological polar surface area (TPSA) is 61.4 Å². The summed E-state index contributed by atoms with van der Waals surface area (Å²) in [5.74, 6) is -0.585. The van der Waals surface area contributed by atoms with Crippen molar-refractivity contribution < 1.29 is 12.8 Å². The van der Waals surface area contributed by atoms with Gasteiger partial charge >= 0.3 is 0 Å². The maximum absolute atomic E-state index is 13.4. The molecule has 2 rings (SSSR count). The van der Waals surface area contributed by atoms with Crippen molar-refractivity contribution in [2.24, 2.45) is 0 Å². The molecule has 1 aromatic carbocycles. The van der Waals surface area contributed by atoms with Crippen LogP contribution in [0.25, 0.3) is 0 Å². The van der Waals surface area contributed by atoms with Crippen molar-refractivity contribution in [2.75, 3.05) is 39.3 Å². The molecule has 0 amide bonds. The molecule has 0 aromatic heterocycles. The molecular formula is C13H19BrFN3O2S. The van der Waals surface area contributed by atoms with Crippen molar-refractivity contribution in [3.05, 3.63) is 28.5 Å². The van der Waals surface area contributed by atoms with Gasteiger partial charge < -0.3 is 10.2 Å². The third-order valence-electron chi connectivity index (χ3n) is 3.35. The Morgan fingerprint density at radius 3 is 2.71 bits per heavy atom. The van der Waals surface area contributed by atoms with Gasteiger partial charge in [0.2, 0.25) is 10.0 Å². The number of rotatable bonds is 6. The lowest BCUT2D eigenvalue weighted by Crippen LogP contribution is -2.44. The second kappa shape index (κ2) is 7.64. The Morgan fingerprint density at radius 1 is 1.33 bits per heavy atom. The average molecular weight is 380 g/mol. The van der Waals surface area contributed by atoms with E-state index in [9.17, 15) is 12.8 Å². The summed E-state index contributed by atoms with van der Waals surface area (Å²) < 4.78 is 40.2. The largest absolute Gasteiger partial charge is 0.314 e. The molecule has 0 saturated carbocycles. The van der Waals surface area contributed by atoms with Gasteiger partial charge in [0.1, 0.15) is 5.82 Å². The lowest BCUT2D eigenvalue weighted by molar-refractivity contribution is 0.239. The smallest absolute Gasteiger partial charge is 0.240 e. The number of hydrogen-bond acceptors (Lipinski definition) is 4. The van der Waals surface area contributed by atoms with Crippen molar-refractivity contribution >= 4 is 26.0 Å². The number of nitrogens with one attached hydrogen (secondary N) is 2. The van der Waals surface area contributed by atoms with Crippen LogP contribution >= 0.6 is 15.9 Å². The number of piperazine rings is 1. The number of benzene rings is 1. The molecular weight excluding hydrogens is 361 g/mol. The predicted octanol–water partition coefficient (Wildman–Crippen LogP) is 1.16. The van der Waals surface area contributed by atoms with E-state index in [0.717, 1.165) is 45.2 Å². The van der Waals surface area contributed by atoms with Crippen LogP contribution < -0.4 is 10.0 Å². The number of sulfonamides is 1. The fraction of sp³-hybridized carbons (Fsp3) is 0.538. The van der Waals surface area contributed by atoms with Crippen LogP contribution in [0.1, 0.15) is 6.42 Å². The van der Waals surface area contributed by atoms with Gasteiger partial charge in [0.15, 0.2) is 0 Å². The first-order chi connectivity index (χ1) is 9.99. The molecule has 1 fully saturated rings. The van der Waals surface area contributed by atoms with E-state index in [1.807, 2.05) is 0 Å². The van der Waals surface area contributed by atoms with Crippen LogP contribution in [0.3, 0.4) is 0 Å². The molecule has 1 saturated heterocycles. The number of hydrogen-bond donors (Lipinski definition) is 2. The molecule has 21 heavy (non-hydrogen) atoms. The van der Waals surface area contributed by atoms with Gasteiger partial charge in [0.05, 0.1) is 9.37 Å². The summed E-state index contributed by atoms with van der Waals surface area (Å²) >= 11 is 3.00. The summed E-state index contributed by atoms with van der Waals surface area (Å²) in [5, 5.41) is 3.27. The van der Waals surface area contributed by atoms with Crippen LogP contribution in [-0.4, -0.2) is 52.6 Å². The highest BCUT2D eigenvalue weighted by molar-refractivity contribution is 9.10. The Hall–Kier alpha value is -0.540. The number of nitrogens with zero attached hydrogens (tertiary/aromatic N) is 1. The summed E-state index contributed by atoms with van der Waals surface area (Å²) in [5.41, 5.74) is 0. The van der Waals surface area contributed by atoms with Crippen LogP contribution in [-0.2, 0) is 10.0 Å². The minimum atomic E-state index is -3.64. The van der Waals surface area contributed by atoms with E-state index in [1.165, 1.54) is 12.1 Å². The zero-order chi connectivity index (χ0) is 15.3. The maximum atomic E-state index is 13.4. The highest BCUT2D eigenvalue weighted by Crippen LogP contribution is 2.19. The van der Waals surface area contributed by atoms with Gasteiger partial charge in [-0.3, -0.25) is 0 Å². The van der Waals surface area contributed by atoms with Crippen molar-refractivity contribution in [1.29, 1.82) is 0 Å². The molecule has 1 aliphatic heterocycles. The molecule has 1 aliphatic rings. The predicted molar refractivity (Wildman–Crippen MR) is 83.2 cm³/mol. The van der Waals surface area contributed by atoms with E-state index >= 15 is 0 Å². The first-order valence-electron chi connectivity index (χ1n) is 6.87. The van der Waals surface area contributed by atoms with Crippen molar-refractivity contribution in [3.8, 4) is 0 Å². The van der Waals surface area contributed by atoms with Crippen molar-refractivity contribution in [1.82, 2.24) is 14.9 Å². The van der Waals surface area contributed by atoms with Crippen molar-refractivity contribution in [3.63, 3.8) is 0 Å². The summed E-state index contributed by atoms with van der Waals surface area (Å²) in [4.78, 5) is 2.25. The van der Waals surface area contributed by atoms with Crippen LogP contribution in [0.5, 0.6) is 0 Å². The zero-order valence-corrected chi connectivity index (χ0v) is 14.0. The van der Waals surface area contributed by atoms with Crippen molar-refractivity contribution in [2.45, 2.75) is 11.3 Å². The van der Waals surface area contributed by atoms with Gasteiger partial charge in [0.25, 0.3) is 0 Å². The monoisotopic (exact) mass is 379 g/mol. The molecule has 118 valence electrons. The maximum Gasteiger partial charge on any atom is 0.240 e. The molecule has 0 unspecified atom stereocenters. The summed E-state index contributed by atoms with van der Waals surface area (Å²) in [7, 11) is -3.64. The van der Waals surface area contributed by atoms with Gasteiger partial charge in [-0.15, -0.1) is 0 Å². The van der Waals surface area contributed by atoms with E-state index in [2.05, 4.69) is 30.9 Å². The standard InChI is InChI=1S/C13H19BrFN3O2S/c14-12-3-2-11(10-13(12)15)21(19,20)17-4-1-7-18-8-5-16-6-9-18/h2-3,10,16-17H,1,4-9H2. The SMILES string of the molecule is O=S(=O)(NCCCN1CCNCC1)c1ccc(Br)c(F)c1. The summed E-state index contributed by atoms with van der Waals surface area (Å²) in [6.45, 7) is 5.14. The van der Waals surface area contributed by atoms with E-state index in [-0.39, 0.29) is 9.37 Å². The molecule has 8 heteroatoms. The molecule has 2 N–H and O–H groups in total. The van der Waals surface area contributed by atoms with Crippen LogP contribution in [0, 0.1) is 5.82 Å². The van der Waals surface area contributed by atoms with Gasteiger partial charge in [-0.25, -0.2) is 17.5 Å². The van der Waals surface area contributed by atoms with Gasteiger partial charge in [0, 0.05) is 32.7 Å². The van der Waals surface area contributed by atoms with Gasteiger partial charge in [-0.05, 0) is 47.1 Å². The van der Waals surface area contributed by atoms with Crippen LogP contribution in [0.2, 0.25) is 0 Å². The molecule has 0 spiro atoms. The Bertz CT molecular complexity index is 577. The Morgan fingerprint density at radius 2 is 2.05 bits per heavy atom. The fourth-order valence-corrected chi connectivity index (χ4v) is 3.50. The summed E-state index contributed by atoms with van der Waals surface area (Å²) in [6, 6.07) is 3.79. The lowest BCUT2D eigenvalue weighted by Gasteiger charge is -2.27. The molecule has 1 heterocycles. The average Bonchev–Trinajstić information content (AvgIpc) is 2.47. The molecule has 0 atom stereocenters. The first-order valence-corrected chi connectivity index (χ1v) is 9.14. The molecule has 0 bridgehead atoms. The fourth-order valence-electron chi connectivity index (χ4n) is 2.17. The third kappa shape index (κ3) is 5.00. The molecule has 5 nitrogen and oxygen atoms in total. The van der Waals surface area contributed by atoms with E-state index in [0.29, 0.717) is 6.54 Å². The quantitative estimate of drug-likeness (QED) is 0.728. The van der Waals surface area contributed by atoms with E-state index in [4.69, 9.17) is 0 Å². The number of halogens is 2. The Labute approximate surface area is 133 Å². The molecule has 0 radical (unpaired) electrons. The van der Waals surface area contributed by atoms with E-state index in [1.54, 1.807) is 0 Å². The minimum Gasteiger partial charge on any atom is -0.314 e. The molecule has 1 aromatic rings. The summed E-state index contributed by atoms with van der Waals surface area (Å²) in [6.07, 6.45) is 0.734. The lowest BCUT2D eigenvalue weighted by atomic mass is 10.3. The zero-order valence-electron chi connectivity index (χ0n) is 11.6. The second-order valence-electron chi connectivity index (χ2n) is 4.92. The van der Waals surface area contributed by atoms with E-state index < -0.39 is 15.8 Å². The van der Waals surface area contributed by atoms with Gasteiger partial charge in [-0.1, -0.05) is 0 Å². The van der Waals surface area contributed by atoms with Crippen LogP contribution in [0.15, 0.2) is 27.6 Å². The third-order valence-corrected chi connectivity index (χ3v) is 5.46. The first kappa shape index (κ1) is 16.8. The van der Waals surface area contributed by atoms with Gasteiger partial charge in [-0.2, -0.15) is 0 Å². The normalized spacial score (nSPS) is 17.0. The Balaban J connectivity index is 1.82. The minimum absolute atomic E-state index is 0.0506. The Kier molecular flexibility index (Phi) is 6.12. The highest BCUT2D eigenvalue weighted by Gasteiger charge is 2.15.